The first-order valence-corrected chi connectivity index (χ1v) is 13.2. The second-order valence-corrected chi connectivity index (χ2v) is 10.7. The number of ether oxygens (including phenoxy) is 1. The third kappa shape index (κ3) is 5.75. The number of carbonyl (C=O) groups excluding carboxylic acids is 1. The maximum atomic E-state index is 12.9. The second-order valence-electron chi connectivity index (χ2n) is 8.79. The zero-order chi connectivity index (χ0) is 23.3. The van der Waals surface area contributed by atoms with E-state index in [1.54, 1.807) is 35.7 Å². The standard InChI is InChI=1S/C25H33N3O4S/c1-32-22-12-8-20(9-13-22)24-7-6-16-27(24)19-25(29)26-21-10-14-23(15-11-21)33(30,31)28-17-4-2-3-5-18-28/h8-15,24H,2-7,16-19H2,1H3,(H,26,29). The molecule has 2 aromatic rings. The van der Waals surface area contributed by atoms with Gasteiger partial charge in [-0.1, -0.05) is 25.0 Å². The number of anilines is 1. The molecule has 2 heterocycles. The van der Waals surface area contributed by atoms with Crippen molar-refractivity contribution in [2.24, 2.45) is 0 Å². The smallest absolute Gasteiger partial charge is 0.243 e. The van der Waals surface area contributed by atoms with Crippen molar-refractivity contribution in [3.8, 4) is 5.75 Å². The van der Waals surface area contributed by atoms with Crippen molar-refractivity contribution in [3.05, 3.63) is 54.1 Å². The number of nitrogens with one attached hydrogen (secondary N) is 1. The van der Waals surface area contributed by atoms with Gasteiger partial charge < -0.3 is 10.1 Å². The fraction of sp³-hybridized carbons (Fsp3) is 0.480. The van der Waals surface area contributed by atoms with Crippen LogP contribution in [0.1, 0.15) is 50.1 Å². The molecule has 0 bridgehead atoms. The van der Waals surface area contributed by atoms with Crippen molar-refractivity contribution < 1.29 is 17.9 Å². The molecule has 178 valence electrons. The number of sulfonamides is 1. The van der Waals surface area contributed by atoms with Gasteiger partial charge in [-0.15, -0.1) is 0 Å². The van der Waals surface area contributed by atoms with E-state index < -0.39 is 10.0 Å². The van der Waals surface area contributed by atoms with Crippen molar-refractivity contribution >= 4 is 21.6 Å². The second kappa shape index (κ2) is 10.7. The Kier molecular flexibility index (Phi) is 7.67. The molecule has 2 fully saturated rings. The number of nitrogens with zero attached hydrogens (tertiary/aromatic N) is 2. The lowest BCUT2D eigenvalue weighted by Crippen LogP contribution is -2.33. The summed E-state index contributed by atoms with van der Waals surface area (Å²) in [5, 5.41) is 2.92. The van der Waals surface area contributed by atoms with Crippen LogP contribution in [0.25, 0.3) is 0 Å². The lowest BCUT2D eigenvalue weighted by molar-refractivity contribution is -0.117. The molecule has 4 rings (SSSR count). The third-order valence-corrected chi connectivity index (χ3v) is 8.46. The molecule has 0 radical (unpaired) electrons. The van der Waals surface area contributed by atoms with Gasteiger partial charge >= 0.3 is 0 Å². The highest BCUT2D eigenvalue weighted by Gasteiger charge is 2.28. The van der Waals surface area contributed by atoms with Crippen molar-refractivity contribution in [2.75, 3.05) is 38.6 Å². The van der Waals surface area contributed by atoms with Crippen LogP contribution >= 0.6 is 0 Å². The summed E-state index contributed by atoms with van der Waals surface area (Å²) in [6, 6.07) is 14.8. The summed E-state index contributed by atoms with van der Waals surface area (Å²) in [7, 11) is -1.84. The number of methoxy groups -OCH3 is 1. The van der Waals surface area contributed by atoms with Crippen molar-refractivity contribution in [1.82, 2.24) is 9.21 Å². The summed E-state index contributed by atoms with van der Waals surface area (Å²) in [6.07, 6.45) is 6.03. The number of amides is 1. The Hall–Kier alpha value is -2.42. The van der Waals surface area contributed by atoms with Crippen molar-refractivity contribution in [1.29, 1.82) is 0 Å². The van der Waals surface area contributed by atoms with Crippen molar-refractivity contribution in [3.63, 3.8) is 0 Å². The van der Waals surface area contributed by atoms with E-state index in [2.05, 4.69) is 22.3 Å². The van der Waals surface area contributed by atoms with Gasteiger partial charge in [-0.3, -0.25) is 9.69 Å². The summed E-state index contributed by atoms with van der Waals surface area (Å²) in [5.41, 5.74) is 1.79. The number of carbonyl (C=O) groups is 1. The molecule has 2 aliphatic rings. The predicted octanol–water partition coefficient (Wildman–Crippen LogP) is 4.04. The van der Waals surface area contributed by atoms with Crippen LogP contribution in [-0.4, -0.2) is 56.8 Å². The minimum absolute atomic E-state index is 0.0986. The molecule has 0 spiro atoms. The van der Waals surface area contributed by atoms with Crippen LogP contribution in [-0.2, 0) is 14.8 Å². The molecule has 0 aromatic heterocycles. The molecule has 8 heteroatoms. The highest BCUT2D eigenvalue weighted by atomic mass is 32.2. The molecule has 7 nitrogen and oxygen atoms in total. The van der Waals surface area contributed by atoms with Crippen LogP contribution in [0, 0.1) is 0 Å². The van der Waals surface area contributed by atoms with Gasteiger partial charge in [0, 0.05) is 24.8 Å². The van der Waals surface area contributed by atoms with E-state index in [1.165, 1.54) is 5.56 Å². The molecule has 1 atom stereocenters. The summed E-state index contributed by atoms with van der Waals surface area (Å²) in [5.74, 6) is 0.723. The minimum Gasteiger partial charge on any atom is -0.497 e. The maximum Gasteiger partial charge on any atom is 0.243 e. The van der Waals surface area contributed by atoms with Crippen LogP contribution < -0.4 is 10.1 Å². The Morgan fingerprint density at radius 3 is 2.24 bits per heavy atom. The predicted molar refractivity (Wildman–Crippen MR) is 129 cm³/mol. The van der Waals surface area contributed by atoms with Gasteiger partial charge in [0.2, 0.25) is 15.9 Å². The summed E-state index contributed by atoms with van der Waals surface area (Å²) >= 11 is 0. The van der Waals surface area contributed by atoms with E-state index in [1.807, 2.05) is 12.1 Å². The molecule has 1 unspecified atom stereocenters. The Bertz CT molecular complexity index is 1030. The highest BCUT2D eigenvalue weighted by molar-refractivity contribution is 7.89. The van der Waals surface area contributed by atoms with E-state index in [-0.39, 0.29) is 16.8 Å². The quantitative estimate of drug-likeness (QED) is 0.660. The third-order valence-electron chi connectivity index (χ3n) is 6.55. The van der Waals surface area contributed by atoms with Gasteiger partial charge in [-0.2, -0.15) is 4.31 Å². The fourth-order valence-corrected chi connectivity index (χ4v) is 6.26. The van der Waals surface area contributed by atoms with E-state index in [0.717, 1.165) is 50.8 Å². The van der Waals surface area contributed by atoms with Crippen LogP contribution in [0.4, 0.5) is 5.69 Å². The number of rotatable bonds is 7. The summed E-state index contributed by atoms with van der Waals surface area (Å²) < 4.78 is 32.7. The average Bonchev–Trinajstić information content (AvgIpc) is 3.09. The SMILES string of the molecule is COc1ccc(C2CCCN2CC(=O)Nc2ccc(S(=O)(=O)N3CCCCCC3)cc2)cc1. The molecule has 2 aromatic carbocycles. The Balaban J connectivity index is 1.36. The molecule has 0 saturated carbocycles. The molecule has 1 amide bonds. The Labute approximate surface area is 196 Å². The van der Waals surface area contributed by atoms with E-state index >= 15 is 0 Å². The van der Waals surface area contributed by atoms with E-state index in [4.69, 9.17) is 4.74 Å². The molecule has 2 saturated heterocycles. The van der Waals surface area contributed by atoms with Gasteiger partial charge in [0.1, 0.15) is 5.75 Å². The Morgan fingerprint density at radius 2 is 1.61 bits per heavy atom. The first-order chi connectivity index (χ1) is 16.0. The van der Waals surface area contributed by atoms with Crippen LogP contribution in [0.2, 0.25) is 0 Å². The Morgan fingerprint density at radius 1 is 0.939 bits per heavy atom. The van der Waals surface area contributed by atoms with Gasteiger partial charge in [0.15, 0.2) is 0 Å². The molecule has 33 heavy (non-hydrogen) atoms. The minimum atomic E-state index is -3.49. The molecular formula is C25H33N3O4S. The molecule has 1 N–H and O–H groups in total. The zero-order valence-electron chi connectivity index (χ0n) is 19.2. The van der Waals surface area contributed by atoms with Crippen LogP contribution in [0.15, 0.2) is 53.4 Å². The normalized spacial score (nSPS) is 20.3. The van der Waals surface area contributed by atoms with Crippen LogP contribution in [0.3, 0.4) is 0 Å². The zero-order valence-corrected chi connectivity index (χ0v) is 20.0. The lowest BCUT2D eigenvalue weighted by Gasteiger charge is -2.24. The van der Waals surface area contributed by atoms with Gasteiger partial charge in [-0.25, -0.2) is 8.42 Å². The molecular weight excluding hydrogens is 438 g/mol. The maximum absolute atomic E-state index is 12.9. The highest BCUT2D eigenvalue weighted by Crippen LogP contribution is 2.32. The van der Waals surface area contributed by atoms with Gasteiger partial charge in [0.25, 0.3) is 0 Å². The fourth-order valence-electron chi connectivity index (χ4n) is 4.75. The topological polar surface area (TPSA) is 79.0 Å². The monoisotopic (exact) mass is 471 g/mol. The largest absolute Gasteiger partial charge is 0.497 e. The number of likely N-dealkylation sites (tertiary alicyclic amines) is 1. The van der Waals surface area contributed by atoms with Gasteiger partial charge in [-0.05, 0) is 74.2 Å². The first kappa shape index (κ1) is 23.7. The van der Waals surface area contributed by atoms with E-state index in [0.29, 0.717) is 25.3 Å². The van der Waals surface area contributed by atoms with Gasteiger partial charge in [0.05, 0.1) is 18.6 Å². The summed E-state index contributed by atoms with van der Waals surface area (Å²) in [4.78, 5) is 15.2. The molecule has 2 aliphatic heterocycles. The lowest BCUT2D eigenvalue weighted by atomic mass is 10.0. The average molecular weight is 472 g/mol. The first-order valence-electron chi connectivity index (χ1n) is 11.8. The van der Waals surface area contributed by atoms with Crippen LogP contribution in [0.5, 0.6) is 5.75 Å². The number of hydrogen-bond acceptors (Lipinski definition) is 5. The molecule has 0 aliphatic carbocycles. The van der Waals surface area contributed by atoms with E-state index in [9.17, 15) is 13.2 Å². The summed E-state index contributed by atoms with van der Waals surface area (Å²) in [6.45, 7) is 2.32. The van der Waals surface area contributed by atoms with Crippen molar-refractivity contribution in [2.45, 2.75) is 49.5 Å². The number of benzene rings is 2. The number of hydrogen-bond donors (Lipinski definition) is 1.